The predicted octanol–water partition coefficient (Wildman–Crippen LogP) is -1.28. The molecule has 112 valence electrons. The Balaban J connectivity index is 1.98. The van der Waals surface area contributed by atoms with Crippen molar-refractivity contribution in [2.75, 3.05) is 33.2 Å². The van der Waals surface area contributed by atoms with Gasteiger partial charge < -0.3 is 19.3 Å². The Morgan fingerprint density at radius 3 is 2.67 bits per heavy atom. The van der Waals surface area contributed by atoms with E-state index in [2.05, 4.69) is 7.05 Å². The lowest BCUT2D eigenvalue weighted by molar-refractivity contribution is -1.01. The highest BCUT2D eigenvalue weighted by Crippen LogP contribution is 2.26. The van der Waals surface area contributed by atoms with E-state index in [4.69, 9.17) is 4.42 Å². The van der Waals surface area contributed by atoms with E-state index in [-0.39, 0.29) is 11.4 Å². The third-order valence-corrected chi connectivity index (χ3v) is 4.47. The largest absolute Gasteiger partial charge is 0.508 e. The van der Waals surface area contributed by atoms with Crippen LogP contribution in [-0.4, -0.2) is 38.3 Å². The second kappa shape index (κ2) is 5.50. The number of hydrogen-bond donors (Lipinski definition) is 3. The first kappa shape index (κ1) is 14.1. The first-order chi connectivity index (χ1) is 10.0. The fourth-order valence-corrected chi connectivity index (χ4v) is 3.04. The van der Waals surface area contributed by atoms with Crippen LogP contribution in [0.25, 0.3) is 11.0 Å². The van der Waals surface area contributed by atoms with Gasteiger partial charge in [-0.1, -0.05) is 0 Å². The molecule has 0 amide bonds. The molecule has 5 nitrogen and oxygen atoms in total. The molecule has 1 aromatic carbocycles. The molecule has 0 bridgehead atoms. The normalized spacial score (nSPS) is 22.6. The van der Waals surface area contributed by atoms with Crippen molar-refractivity contribution in [1.29, 1.82) is 0 Å². The van der Waals surface area contributed by atoms with Crippen molar-refractivity contribution in [3.63, 3.8) is 0 Å². The first-order valence-corrected chi connectivity index (χ1v) is 7.45. The SMILES string of the molecule is Cc1c(O)ccc2c(C[NH+]3CC[NH+](C)CC3)cc(=O)oc12. The van der Waals surface area contributed by atoms with Gasteiger partial charge in [-0.15, -0.1) is 0 Å². The molecule has 2 aromatic rings. The maximum Gasteiger partial charge on any atom is 0.336 e. The minimum absolute atomic E-state index is 0.165. The highest BCUT2D eigenvalue weighted by atomic mass is 16.4. The van der Waals surface area contributed by atoms with Crippen molar-refractivity contribution in [1.82, 2.24) is 0 Å². The van der Waals surface area contributed by atoms with Crippen molar-refractivity contribution in [2.45, 2.75) is 13.5 Å². The average molecular weight is 290 g/mol. The zero-order chi connectivity index (χ0) is 15.0. The molecule has 21 heavy (non-hydrogen) atoms. The molecule has 1 aromatic heterocycles. The van der Waals surface area contributed by atoms with Gasteiger partial charge >= 0.3 is 5.63 Å². The average Bonchev–Trinajstić information content (AvgIpc) is 2.46. The van der Waals surface area contributed by atoms with Gasteiger partial charge in [0, 0.05) is 22.6 Å². The van der Waals surface area contributed by atoms with E-state index < -0.39 is 0 Å². The number of fused-ring (bicyclic) bond motifs is 1. The van der Waals surface area contributed by atoms with Gasteiger partial charge in [0.1, 0.15) is 44.1 Å². The van der Waals surface area contributed by atoms with Gasteiger partial charge in [-0.05, 0) is 19.1 Å². The third kappa shape index (κ3) is 2.80. The van der Waals surface area contributed by atoms with Crippen molar-refractivity contribution in [3.8, 4) is 5.75 Å². The van der Waals surface area contributed by atoms with Gasteiger partial charge in [0.05, 0.1) is 7.05 Å². The van der Waals surface area contributed by atoms with Crippen LogP contribution in [0.2, 0.25) is 0 Å². The summed E-state index contributed by atoms with van der Waals surface area (Å²) in [6, 6.07) is 5.11. The van der Waals surface area contributed by atoms with Crippen LogP contribution in [0.1, 0.15) is 11.1 Å². The quantitative estimate of drug-likeness (QED) is 0.604. The fraction of sp³-hybridized carbons (Fsp3) is 0.438. The molecular weight excluding hydrogens is 268 g/mol. The van der Waals surface area contributed by atoms with Crippen LogP contribution in [0.4, 0.5) is 0 Å². The summed E-state index contributed by atoms with van der Waals surface area (Å²) >= 11 is 0. The van der Waals surface area contributed by atoms with Crippen molar-refractivity contribution < 1.29 is 19.3 Å². The molecule has 0 aliphatic carbocycles. The molecule has 0 atom stereocenters. The zero-order valence-corrected chi connectivity index (χ0v) is 12.5. The van der Waals surface area contributed by atoms with E-state index >= 15 is 0 Å². The van der Waals surface area contributed by atoms with E-state index in [1.807, 2.05) is 6.07 Å². The number of likely N-dealkylation sites (N-methyl/N-ethyl adjacent to an activating group) is 1. The number of nitrogens with one attached hydrogen (secondary N) is 2. The molecule has 0 saturated carbocycles. The van der Waals surface area contributed by atoms with Gasteiger partial charge in [0.25, 0.3) is 0 Å². The Morgan fingerprint density at radius 1 is 1.24 bits per heavy atom. The standard InChI is InChI=1S/C16H20N2O3/c1-11-14(19)4-3-13-12(9-15(20)21-16(11)13)10-18-7-5-17(2)6-8-18/h3-4,9,19H,5-8,10H2,1-2H3/p+2. The van der Waals surface area contributed by atoms with E-state index in [9.17, 15) is 9.90 Å². The topological polar surface area (TPSA) is 59.3 Å². The van der Waals surface area contributed by atoms with E-state index in [0.29, 0.717) is 11.1 Å². The Morgan fingerprint density at radius 2 is 1.95 bits per heavy atom. The molecule has 3 rings (SSSR count). The van der Waals surface area contributed by atoms with Crippen LogP contribution < -0.4 is 15.4 Å². The molecule has 0 unspecified atom stereocenters. The fourth-order valence-electron chi connectivity index (χ4n) is 3.04. The number of aromatic hydroxyl groups is 1. The maximum atomic E-state index is 11.8. The summed E-state index contributed by atoms with van der Waals surface area (Å²) in [5, 5.41) is 10.7. The van der Waals surface area contributed by atoms with E-state index in [1.54, 1.807) is 24.0 Å². The highest BCUT2D eigenvalue weighted by Gasteiger charge is 2.21. The summed E-state index contributed by atoms with van der Waals surface area (Å²) in [5.41, 5.74) is 1.81. The van der Waals surface area contributed by atoms with Crippen LogP contribution in [-0.2, 0) is 6.54 Å². The monoisotopic (exact) mass is 290 g/mol. The van der Waals surface area contributed by atoms with E-state index in [0.717, 1.165) is 43.7 Å². The number of phenolic OH excluding ortho intramolecular Hbond substituents is 1. The lowest BCUT2D eigenvalue weighted by Gasteiger charge is -2.27. The number of rotatable bonds is 2. The molecule has 1 fully saturated rings. The van der Waals surface area contributed by atoms with Crippen LogP contribution in [0.5, 0.6) is 5.75 Å². The van der Waals surface area contributed by atoms with E-state index in [1.165, 1.54) is 4.90 Å². The van der Waals surface area contributed by atoms with Crippen molar-refractivity contribution >= 4 is 11.0 Å². The van der Waals surface area contributed by atoms with Gasteiger partial charge in [-0.25, -0.2) is 4.79 Å². The second-order valence-corrected chi connectivity index (χ2v) is 6.06. The zero-order valence-electron chi connectivity index (χ0n) is 12.5. The summed E-state index contributed by atoms with van der Waals surface area (Å²) in [5.74, 6) is 0.165. The van der Waals surface area contributed by atoms with Crippen LogP contribution in [0.15, 0.2) is 27.4 Å². The minimum atomic E-state index is -0.342. The number of hydrogen-bond acceptors (Lipinski definition) is 3. The van der Waals surface area contributed by atoms with Gasteiger partial charge in [0.15, 0.2) is 0 Å². The van der Waals surface area contributed by atoms with Gasteiger partial charge in [0.2, 0.25) is 0 Å². The second-order valence-electron chi connectivity index (χ2n) is 6.06. The Kier molecular flexibility index (Phi) is 3.69. The Bertz CT molecular complexity index is 715. The Labute approximate surface area is 123 Å². The molecule has 0 radical (unpaired) electrons. The molecular formula is C16H22N2O3+2. The number of aryl methyl sites for hydroxylation is 1. The molecule has 1 aliphatic heterocycles. The summed E-state index contributed by atoms with van der Waals surface area (Å²) in [4.78, 5) is 14.9. The predicted molar refractivity (Wildman–Crippen MR) is 79.9 cm³/mol. The summed E-state index contributed by atoms with van der Waals surface area (Å²) in [7, 11) is 2.22. The van der Waals surface area contributed by atoms with Gasteiger partial charge in [-0.2, -0.15) is 0 Å². The summed E-state index contributed by atoms with van der Waals surface area (Å²) in [6.07, 6.45) is 0. The lowest BCUT2D eigenvalue weighted by Crippen LogP contribution is -3.26. The molecule has 3 N–H and O–H groups in total. The first-order valence-electron chi connectivity index (χ1n) is 7.45. The summed E-state index contributed by atoms with van der Waals surface area (Å²) < 4.78 is 5.29. The number of piperazine rings is 1. The van der Waals surface area contributed by atoms with Gasteiger partial charge in [-0.3, -0.25) is 0 Å². The molecule has 0 spiro atoms. The third-order valence-electron chi connectivity index (χ3n) is 4.47. The van der Waals surface area contributed by atoms with Crippen molar-refractivity contribution in [3.05, 3.63) is 39.7 Å². The maximum absolute atomic E-state index is 11.8. The number of quaternary nitrogens is 2. The Hall–Kier alpha value is -1.85. The number of phenols is 1. The highest BCUT2D eigenvalue weighted by molar-refractivity contribution is 5.84. The molecule has 1 saturated heterocycles. The molecule has 1 aliphatic rings. The molecule has 5 heteroatoms. The summed E-state index contributed by atoms with van der Waals surface area (Å²) in [6.45, 7) is 7.16. The van der Waals surface area contributed by atoms with Crippen LogP contribution in [0, 0.1) is 6.92 Å². The minimum Gasteiger partial charge on any atom is -0.508 e. The van der Waals surface area contributed by atoms with Crippen LogP contribution in [0.3, 0.4) is 0 Å². The smallest absolute Gasteiger partial charge is 0.336 e. The van der Waals surface area contributed by atoms with Crippen molar-refractivity contribution in [2.24, 2.45) is 0 Å². The van der Waals surface area contributed by atoms with Crippen LogP contribution >= 0.6 is 0 Å². The number of benzene rings is 1. The lowest BCUT2D eigenvalue weighted by atomic mass is 10.1. The molecule has 2 heterocycles.